The molecule has 0 aromatic rings. The Kier molecular flexibility index (Phi) is 3.82. The van der Waals surface area contributed by atoms with Crippen molar-refractivity contribution in [2.75, 3.05) is 26.2 Å². The van der Waals surface area contributed by atoms with Crippen LogP contribution in [-0.4, -0.2) is 48.2 Å². The zero-order valence-corrected chi connectivity index (χ0v) is 9.98. The minimum atomic E-state index is -0.231. The molecule has 2 N–H and O–H groups in total. The molecule has 2 aliphatic rings. The minimum absolute atomic E-state index is 0.197. The number of aliphatic hydroxyl groups excluding tert-OH is 1. The Hall–Kier alpha value is -0.610. The molecule has 0 spiro atoms. The first-order valence-electron chi connectivity index (χ1n) is 6.36. The zero-order chi connectivity index (χ0) is 11.5. The molecule has 0 radical (unpaired) electrons. The number of aliphatic hydroxyl groups is 1. The van der Waals surface area contributed by atoms with Gasteiger partial charge in [0.15, 0.2) is 0 Å². The van der Waals surface area contributed by atoms with Gasteiger partial charge in [-0.25, -0.2) is 0 Å². The van der Waals surface area contributed by atoms with Crippen molar-refractivity contribution in [2.24, 2.45) is 11.8 Å². The van der Waals surface area contributed by atoms with Gasteiger partial charge in [0, 0.05) is 19.6 Å². The quantitative estimate of drug-likeness (QED) is 0.708. The van der Waals surface area contributed by atoms with Crippen molar-refractivity contribution in [1.82, 2.24) is 10.2 Å². The van der Waals surface area contributed by atoms with Crippen LogP contribution in [0.5, 0.6) is 0 Å². The largest absolute Gasteiger partial charge is 0.393 e. The van der Waals surface area contributed by atoms with E-state index in [0.717, 1.165) is 45.4 Å². The maximum Gasteiger partial charge on any atom is 0.227 e. The SMILES string of the molecule is C[C@@H](O)C1CCN(C(=O)[C@@H]2CCNC2)CC1. The Morgan fingerprint density at radius 3 is 2.56 bits per heavy atom. The van der Waals surface area contributed by atoms with Gasteiger partial charge in [-0.3, -0.25) is 4.79 Å². The average molecular weight is 226 g/mol. The summed E-state index contributed by atoms with van der Waals surface area (Å²) in [6.07, 6.45) is 2.65. The Morgan fingerprint density at radius 2 is 2.06 bits per heavy atom. The van der Waals surface area contributed by atoms with Crippen molar-refractivity contribution in [2.45, 2.75) is 32.3 Å². The second-order valence-corrected chi connectivity index (χ2v) is 5.09. The predicted molar refractivity (Wildman–Crippen MR) is 62.0 cm³/mol. The number of hydrogen-bond donors (Lipinski definition) is 2. The lowest BCUT2D eigenvalue weighted by Crippen LogP contribution is -2.43. The lowest BCUT2D eigenvalue weighted by molar-refractivity contribution is -0.136. The van der Waals surface area contributed by atoms with Crippen LogP contribution >= 0.6 is 0 Å². The summed E-state index contributed by atoms with van der Waals surface area (Å²) in [5.41, 5.74) is 0. The van der Waals surface area contributed by atoms with Gasteiger partial charge >= 0.3 is 0 Å². The first-order valence-corrected chi connectivity index (χ1v) is 6.36. The molecule has 1 amide bonds. The van der Waals surface area contributed by atoms with Gasteiger partial charge in [0.05, 0.1) is 12.0 Å². The number of carbonyl (C=O) groups excluding carboxylic acids is 1. The van der Waals surface area contributed by atoms with Gasteiger partial charge < -0.3 is 15.3 Å². The van der Waals surface area contributed by atoms with Crippen LogP contribution in [0.25, 0.3) is 0 Å². The molecule has 4 heteroatoms. The molecule has 0 unspecified atom stereocenters. The molecular formula is C12H22N2O2. The van der Waals surface area contributed by atoms with Crippen molar-refractivity contribution in [3.63, 3.8) is 0 Å². The summed E-state index contributed by atoms with van der Waals surface area (Å²) < 4.78 is 0. The van der Waals surface area contributed by atoms with Gasteiger partial charge in [0.25, 0.3) is 0 Å². The van der Waals surface area contributed by atoms with E-state index in [-0.39, 0.29) is 12.0 Å². The van der Waals surface area contributed by atoms with Gasteiger partial charge in [-0.15, -0.1) is 0 Å². The number of piperidine rings is 1. The van der Waals surface area contributed by atoms with Crippen LogP contribution in [0, 0.1) is 11.8 Å². The highest BCUT2D eigenvalue weighted by atomic mass is 16.3. The highest BCUT2D eigenvalue weighted by molar-refractivity contribution is 5.79. The summed E-state index contributed by atoms with van der Waals surface area (Å²) in [5.74, 6) is 0.892. The summed E-state index contributed by atoms with van der Waals surface area (Å²) in [7, 11) is 0. The molecule has 92 valence electrons. The first-order chi connectivity index (χ1) is 7.68. The topological polar surface area (TPSA) is 52.6 Å². The summed E-state index contributed by atoms with van der Waals surface area (Å²) in [6, 6.07) is 0. The summed E-state index contributed by atoms with van der Waals surface area (Å²) in [4.78, 5) is 14.1. The number of nitrogens with one attached hydrogen (secondary N) is 1. The van der Waals surface area contributed by atoms with E-state index in [1.54, 1.807) is 0 Å². The molecule has 2 saturated heterocycles. The number of amides is 1. The maximum absolute atomic E-state index is 12.1. The van der Waals surface area contributed by atoms with Crippen LogP contribution < -0.4 is 5.32 Å². The first kappa shape index (κ1) is 11.9. The lowest BCUT2D eigenvalue weighted by atomic mass is 9.91. The summed E-state index contributed by atoms with van der Waals surface area (Å²) in [6.45, 7) is 5.31. The monoisotopic (exact) mass is 226 g/mol. The molecule has 0 saturated carbocycles. The number of likely N-dealkylation sites (tertiary alicyclic amines) is 1. The Balaban J connectivity index is 1.81. The molecule has 2 fully saturated rings. The van der Waals surface area contributed by atoms with Crippen LogP contribution in [0.2, 0.25) is 0 Å². The van der Waals surface area contributed by atoms with Crippen LogP contribution in [-0.2, 0) is 4.79 Å². The second kappa shape index (κ2) is 5.15. The van der Waals surface area contributed by atoms with E-state index >= 15 is 0 Å². The van der Waals surface area contributed by atoms with Crippen LogP contribution in [0.3, 0.4) is 0 Å². The Bertz CT molecular complexity index is 241. The van der Waals surface area contributed by atoms with Gasteiger partial charge in [-0.1, -0.05) is 0 Å². The molecule has 2 rings (SSSR count). The minimum Gasteiger partial charge on any atom is -0.393 e. The fourth-order valence-corrected chi connectivity index (χ4v) is 2.73. The van der Waals surface area contributed by atoms with E-state index < -0.39 is 0 Å². The van der Waals surface area contributed by atoms with E-state index in [1.807, 2.05) is 11.8 Å². The number of carbonyl (C=O) groups is 1. The van der Waals surface area contributed by atoms with E-state index in [9.17, 15) is 9.90 Å². The van der Waals surface area contributed by atoms with Crippen LogP contribution in [0.15, 0.2) is 0 Å². The number of hydrogen-bond acceptors (Lipinski definition) is 3. The summed E-state index contributed by atoms with van der Waals surface area (Å²) in [5, 5.41) is 12.7. The molecule has 2 aliphatic heterocycles. The van der Waals surface area contributed by atoms with E-state index in [2.05, 4.69) is 5.32 Å². The van der Waals surface area contributed by atoms with Gasteiger partial charge in [0.1, 0.15) is 0 Å². The third kappa shape index (κ3) is 2.55. The molecule has 2 atom stereocenters. The molecular weight excluding hydrogens is 204 g/mol. The van der Waals surface area contributed by atoms with Crippen molar-refractivity contribution in [1.29, 1.82) is 0 Å². The predicted octanol–water partition coefficient (Wildman–Crippen LogP) is 0.215. The van der Waals surface area contributed by atoms with Crippen LogP contribution in [0.4, 0.5) is 0 Å². The fraction of sp³-hybridized carbons (Fsp3) is 0.917. The zero-order valence-electron chi connectivity index (χ0n) is 9.98. The smallest absolute Gasteiger partial charge is 0.227 e. The second-order valence-electron chi connectivity index (χ2n) is 5.09. The highest BCUT2D eigenvalue weighted by Crippen LogP contribution is 2.22. The summed E-state index contributed by atoms with van der Waals surface area (Å²) >= 11 is 0. The fourth-order valence-electron chi connectivity index (χ4n) is 2.73. The van der Waals surface area contributed by atoms with E-state index in [1.165, 1.54) is 0 Å². The Morgan fingerprint density at radius 1 is 1.38 bits per heavy atom. The normalized spacial score (nSPS) is 29.4. The molecule has 4 nitrogen and oxygen atoms in total. The van der Waals surface area contributed by atoms with Crippen molar-refractivity contribution < 1.29 is 9.90 Å². The van der Waals surface area contributed by atoms with Crippen LogP contribution in [0.1, 0.15) is 26.2 Å². The molecule has 0 aromatic heterocycles. The third-order valence-electron chi connectivity index (χ3n) is 3.94. The average Bonchev–Trinajstić information content (AvgIpc) is 2.81. The van der Waals surface area contributed by atoms with Crippen molar-refractivity contribution >= 4 is 5.91 Å². The molecule has 0 aliphatic carbocycles. The number of rotatable bonds is 2. The highest BCUT2D eigenvalue weighted by Gasteiger charge is 2.30. The van der Waals surface area contributed by atoms with Crippen molar-refractivity contribution in [3.05, 3.63) is 0 Å². The van der Waals surface area contributed by atoms with Crippen molar-refractivity contribution in [3.8, 4) is 0 Å². The Labute approximate surface area is 97.0 Å². The molecule has 16 heavy (non-hydrogen) atoms. The standard InChI is InChI=1S/C12H22N2O2/c1-9(15)10-3-6-14(7-4-10)12(16)11-2-5-13-8-11/h9-11,13,15H,2-8H2,1H3/t9-,11-/m1/s1. The van der Waals surface area contributed by atoms with E-state index in [0.29, 0.717) is 11.8 Å². The molecule has 0 bridgehead atoms. The third-order valence-corrected chi connectivity index (χ3v) is 3.94. The maximum atomic E-state index is 12.1. The van der Waals surface area contributed by atoms with E-state index in [4.69, 9.17) is 0 Å². The lowest BCUT2D eigenvalue weighted by Gasteiger charge is -2.34. The van der Waals surface area contributed by atoms with Gasteiger partial charge in [-0.2, -0.15) is 0 Å². The molecule has 0 aromatic carbocycles. The van der Waals surface area contributed by atoms with Gasteiger partial charge in [-0.05, 0) is 38.6 Å². The molecule has 2 heterocycles. The van der Waals surface area contributed by atoms with Gasteiger partial charge in [0.2, 0.25) is 5.91 Å². The number of nitrogens with zero attached hydrogens (tertiary/aromatic N) is 1.